The van der Waals surface area contributed by atoms with Crippen LogP contribution in [0.4, 0.5) is 0 Å². The fraction of sp³-hybridized carbons (Fsp3) is 0.429. The quantitative estimate of drug-likeness (QED) is 0.373. The van der Waals surface area contributed by atoms with E-state index in [2.05, 4.69) is 5.10 Å². The first-order valence-electron chi connectivity index (χ1n) is 3.71. The molecule has 0 unspecified atom stereocenters. The Balaban J connectivity index is 2.84. The van der Waals surface area contributed by atoms with Gasteiger partial charge in [0, 0.05) is 12.2 Å². The van der Waals surface area contributed by atoms with Gasteiger partial charge in [-0.25, -0.2) is 5.84 Å². The van der Waals surface area contributed by atoms with E-state index in [1.54, 1.807) is 16.9 Å². The smallest absolute Gasteiger partial charge is 0.285 e. The molecule has 0 saturated heterocycles. The SMILES string of the molecule is CC(C)n1ccc(C(=O)NN)n1. The maximum atomic E-state index is 10.9. The number of hydrogen-bond acceptors (Lipinski definition) is 3. The lowest BCUT2D eigenvalue weighted by Gasteiger charge is -2.03. The molecule has 0 bridgehead atoms. The molecule has 3 N–H and O–H groups in total. The Morgan fingerprint density at radius 2 is 2.42 bits per heavy atom. The monoisotopic (exact) mass is 168 g/mol. The molecule has 1 heterocycles. The number of nitrogen functional groups attached to an aromatic ring is 1. The van der Waals surface area contributed by atoms with Gasteiger partial charge in [-0.2, -0.15) is 5.10 Å². The third kappa shape index (κ3) is 1.62. The molecule has 5 nitrogen and oxygen atoms in total. The van der Waals surface area contributed by atoms with Crippen LogP contribution in [0.1, 0.15) is 30.4 Å². The van der Waals surface area contributed by atoms with Crippen LogP contribution in [0.25, 0.3) is 0 Å². The van der Waals surface area contributed by atoms with Gasteiger partial charge in [0.1, 0.15) is 0 Å². The summed E-state index contributed by atoms with van der Waals surface area (Å²) in [5, 5.41) is 4.01. The molecule has 1 rings (SSSR count). The van der Waals surface area contributed by atoms with Crippen molar-refractivity contribution >= 4 is 5.91 Å². The van der Waals surface area contributed by atoms with E-state index in [0.29, 0.717) is 5.69 Å². The molecule has 66 valence electrons. The van der Waals surface area contributed by atoms with Crippen molar-refractivity contribution in [2.75, 3.05) is 0 Å². The topological polar surface area (TPSA) is 72.9 Å². The normalized spacial score (nSPS) is 10.3. The number of hydrazine groups is 1. The van der Waals surface area contributed by atoms with Gasteiger partial charge < -0.3 is 0 Å². The van der Waals surface area contributed by atoms with E-state index in [1.807, 2.05) is 19.3 Å². The number of nitrogens with two attached hydrogens (primary N) is 1. The molecule has 0 aliphatic carbocycles. The lowest BCUT2D eigenvalue weighted by molar-refractivity contribution is 0.0947. The molecule has 12 heavy (non-hydrogen) atoms. The Labute approximate surface area is 70.5 Å². The maximum absolute atomic E-state index is 10.9. The van der Waals surface area contributed by atoms with Crippen molar-refractivity contribution in [1.29, 1.82) is 0 Å². The van der Waals surface area contributed by atoms with Crippen molar-refractivity contribution in [3.8, 4) is 0 Å². The summed E-state index contributed by atoms with van der Waals surface area (Å²) in [5.41, 5.74) is 2.36. The van der Waals surface area contributed by atoms with Crippen molar-refractivity contribution in [3.63, 3.8) is 0 Å². The van der Waals surface area contributed by atoms with Gasteiger partial charge in [0.25, 0.3) is 5.91 Å². The van der Waals surface area contributed by atoms with Gasteiger partial charge in [-0.1, -0.05) is 0 Å². The molecule has 1 amide bonds. The summed E-state index contributed by atoms with van der Waals surface area (Å²) in [6, 6.07) is 1.88. The second-order valence-corrected chi connectivity index (χ2v) is 2.75. The highest BCUT2D eigenvalue weighted by Crippen LogP contribution is 2.03. The lowest BCUT2D eigenvalue weighted by Crippen LogP contribution is -2.30. The molecule has 1 aromatic rings. The number of hydrogen-bond donors (Lipinski definition) is 2. The molecule has 0 spiro atoms. The van der Waals surface area contributed by atoms with Gasteiger partial charge in [0.05, 0.1) is 0 Å². The lowest BCUT2D eigenvalue weighted by atomic mass is 10.4. The van der Waals surface area contributed by atoms with Gasteiger partial charge in [-0.15, -0.1) is 0 Å². The third-order valence-electron chi connectivity index (χ3n) is 1.50. The van der Waals surface area contributed by atoms with Crippen LogP contribution in [0.5, 0.6) is 0 Å². The summed E-state index contributed by atoms with van der Waals surface area (Å²) in [6.45, 7) is 3.97. The minimum Gasteiger partial charge on any atom is -0.289 e. The zero-order chi connectivity index (χ0) is 9.14. The molecule has 1 aromatic heterocycles. The number of carbonyl (C=O) groups excluding carboxylic acids is 1. The van der Waals surface area contributed by atoms with Crippen LogP contribution >= 0.6 is 0 Å². The molecular weight excluding hydrogens is 156 g/mol. The number of aromatic nitrogens is 2. The number of nitrogens with one attached hydrogen (secondary N) is 1. The van der Waals surface area contributed by atoms with E-state index in [-0.39, 0.29) is 11.9 Å². The van der Waals surface area contributed by atoms with E-state index in [1.165, 1.54) is 0 Å². The van der Waals surface area contributed by atoms with E-state index < -0.39 is 0 Å². The third-order valence-corrected chi connectivity index (χ3v) is 1.50. The molecule has 0 aliphatic rings. The summed E-state index contributed by atoms with van der Waals surface area (Å²) in [6.07, 6.45) is 1.75. The molecule has 0 fully saturated rings. The van der Waals surface area contributed by atoms with Gasteiger partial charge in [-0.05, 0) is 19.9 Å². The molecule has 0 saturated carbocycles. The summed E-state index contributed by atoms with van der Waals surface area (Å²) >= 11 is 0. The number of rotatable bonds is 2. The van der Waals surface area contributed by atoms with Crippen LogP contribution in [0.2, 0.25) is 0 Å². The summed E-state index contributed by atoms with van der Waals surface area (Å²) in [7, 11) is 0. The molecular formula is C7H12N4O. The number of nitrogens with zero attached hydrogens (tertiary/aromatic N) is 2. The Hall–Kier alpha value is -1.36. The molecule has 0 aliphatic heterocycles. The van der Waals surface area contributed by atoms with E-state index in [0.717, 1.165) is 0 Å². The second-order valence-electron chi connectivity index (χ2n) is 2.75. The van der Waals surface area contributed by atoms with Crippen molar-refractivity contribution in [3.05, 3.63) is 18.0 Å². The van der Waals surface area contributed by atoms with Crippen LogP contribution < -0.4 is 11.3 Å². The second kappa shape index (κ2) is 3.36. The first-order valence-corrected chi connectivity index (χ1v) is 3.71. The predicted molar refractivity (Wildman–Crippen MR) is 44.3 cm³/mol. The zero-order valence-corrected chi connectivity index (χ0v) is 7.11. The summed E-state index contributed by atoms with van der Waals surface area (Å²) < 4.78 is 1.70. The number of carbonyl (C=O) groups is 1. The van der Waals surface area contributed by atoms with Crippen LogP contribution in [0.15, 0.2) is 12.3 Å². The highest BCUT2D eigenvalue weighted by Gasteiger charge is 2.07. The van der Waals surface area contributed by atoms with Crippen molar-refractivity contribution < 1.29 is 4.79 Å². The van der Waals surface area contributed by atoms with E-state index in [9.17, 15) is 4.79 Å². The van der Waals surface area contributed by atoms with Crippen LogP contribution in [-0.4, -0.2) is 15.7 Å². The van der Waals surface area contributed by atoms with Crippen molar-refractivity contribution in [2.45, 2.75) is 19.9 Å². The Morgan fingerprint density at radius 1 is 1.75 bits per heavy atom. The fourth-order valence-electron chi connectivity index (χ4n) is 0.821. The molecule has 0 atom stereocenters. The van der Waals surface area contributed by atoms with E-state index in [4.69, 9.17) is 5.84 Å². The minimum absolute atomic E-state index is 0.254. The van der Waals surface area contributed by atoms with Gasteiger partial charge in [-0.3, -0.25) is 14.9 Å². The predicted octanol–water partition coefficient (Wildman–Crippen LogP) is 0.0675. The zero-order valence-electron chi connectivity index (χ0n) is 7.11. The average Bonchev–Trinajstić information content (AvgIpc) is 2.51. The standard InChI is InChI=1S/C7H12N4O/c1-5(2)11-4-3-6(10-11)7(12)9-8/h3-5H,8H2,1-2H3,(H,9,12). The van der Waals surface area contributed by atoms with Crippen LogP contribution in [0, 0.1) is 0 Å². The van der Waals surface area contributed by atoms with Crippen LogP contribution in [0.3, 0.4) is 0 Å². The van der Waals surface area contributed by atoms with Gasteiger partial charge >= 0.3 is 0 Å². The molecule has 0 aromatic carbocycles. The maximum Gasteiger partial charge on any atom is 0.285 e. The summed E-state index contributed by atoms with van der Waals surface area (Å²) in [4.78, 5) is 10.9. The first-order chi connectivity index (χ1) is 5.65. The largest absolute Gasteiger partial charge is 0.289 e. The Morgan fingerprint density at radius 3 is 2.83 bits per heavy atom. The van der Waals surface area contributed by atoms with Crippen LogP contribution in [-0.2, 0) is 0 Å². The highest BCUT2D eigenvalue weighted by atomic mass is 16.2. The minimum atomic E-state index is -0.366. The first kappa shape index (κ1) is 8.73. The highest BCUT2D eigenvalue weighted by molar-refractivity contribution is 5.91. The molecule has 5 heteroatoms. The van der Waals surface area contributed by atoms with Gasteiger partial charge in [0.2, 0.25) is 0 Å². The van der Waals surface area contributed by atoms with Crippen molar-refractivity contribution in [1.82, 2.24) is 15.2 Å². The average molecular weight is 168 g/mol. The van der Waals surface area contributed by atoms with Crippen molar-refractivity contribution in [2.24, 2.45) is 5.84 Å². The Bertz CT molecular complexity index is 279. The fourth-order valence-corrected chi connectivity index (χ4v) is 0.821. The summed E-state index contributed by atoms with van der Waals surface area (Å²) in [5.74, 6) is 4.57. The molecule has 0 radical (unpaired) electrons. The van der Waals surface area contributed by atoms with E-state index >= 15 is 0 Å². The Kier molecular flexibility index (Phi) is 2.44. The van der Waals surface area contributed by atoms with Gasteiger partial charge in [0.15, 0.2) is 5.69 Å². The number of amides is 1.